The number of benzene rings is 2. The van der Waals surface area contributed by atoms with Crippen molar-refractivity contribution in [3.8, 4) is 0 Å². The van der Waals surface area contributed by atoms with Crippen LogP contribution in [0.3, 0.4) is 0 Å². The monoisotopic (exact) mass is 480 g/mol. The molecule has 0 saturated heterocycles. The molecule has 2 aromatic rings. The number of nitrogens with one attached hydrogen (secondary N) is 1. The van der Waals surface area contributed by atoms with Gasteiger partial charge in [0.05, 0.1) is 22.5 Å². The Bertz CT molecular complexity index is 971. The van der Waals surface area contributed by atoms with E-state index in [1.54, 1.807) is 11.8 Å². The van der Waals surface area contributed by atoms with E-state index in [4.69, 9.17) is 11.6 Å². The lowest BCUT2D eigenvalue weighted by atomic mass is 10.2. The first kappa shape index (κ1) is 24.4. The zero-order valence-electron chi connectivity index (χ0n) is 15.9. The molecule has 1 amide bonds. The van der Waals surface area contributed by atoms with Crippen molar-refractivity contribution >= 4 is 45.0 Å². The Morgan fingerprint density at radius 3 is 2.43 bits per heavy atom. The van der Waals surface area contributed by atoms with Crippen LogP contribution in [-0.2, 0) is 21.0 Å². The molecule has 0 radical (unpaired) electrons. The average molecular weight is 481 g/mol. The molecular formula is C19H20ClF3N2O3S2. The summed E-state index contributed by atoms with van der Waals surface area (Å²) in [5.74, 6) is 0.0955. The van der Waals surface area contributed by atoms with Crippen LogP contribution in [0.4, 0.5) is 18.9 Å². The fraction of sp³-hybridized carbons (Fsp3) is 0.316. The lowest BCUT2D eigenvalue weighted by Crippen LogP contribution is -2.41. The molecule has 0 aliphatic carbocycles. The molecule has 0 fully saturated rings. The second-order valence-electron chi connectivity index (χ2n) is 6.30. The van der Waals surface area contributed by atoms with Crippen molar-refractivity contribution in [2.75, 3.05) is 29.4 Å². The van der Waals surface area contributed by atoms with Crippen molar-refractivity contribution in [2.45, 2.75) is 17.5 Å². The standard InChI is InChI=1S/C19H20ClF3N2O3S2/c1-30(27,28)25(17-12-14(19(21,22)23)8-9-16(17)20)13-18(26)24-10-5-11-29-15-6-3-2-4-7-15/h2-4,6-9,12H,5,10-11,13H2,1H3,(H,24,26). The van der Waals surface area contributed by atoms with Crippen LogP contribution in [0, 0.1) is 0 Å². The minimum Gasteiger partial charge on any atom is -0.354 e. The quantitative estimate of drug-likeness (QED) is 0.426. The Kier molecular flexibility index (Phi) is 8.45. The number of amides is 1. The van der Waals surface area contributed by atoms with Gasteiger partial charge in [-0.2, -0.15) is 13.2 Å². The zero-order chi connectivity index (χ0) is 22.4. The Balaban J connectivity index is 1.99. The average Bonchev–Trinajstić information content (AvgIpc) is 2.65. The number of sulfonamides is 1. The number of anilines is 1. The molecule has 2 aromatic carbocycles. The fourth-order valence-corrected chi connectivity index (χ4v) is 4.46. The van der Waals surface area contributed by atoms with Crippen LogP contribution in [0.5, 0.6) is 0 Å². The van der Waals surface area contributed by atoms with Crippen LogP contribution in [-0.4, -0.2) is 39.4 Å². The molecule has 164 valence electrons. The van der Waals surface area contributed by atoms with Crippen LogP contribution in [0.25, 0.3) is 0 Å². The number of halogens is 4. The van der Waals surface area contributed by atoms with Crippen molar-refractivity contribution in [3.63, 3.8) is 0 Å². The maximum absolute atomic E-state index is 13.0. The third kappa shape index (κ3) is 7.41. The van der Waals surface area contributed by atoms with Crippen molar-refractivity contribution in [1.29, 1.82) is 0 Å². The minimum atomic E-state index is -4.68. The third-order valence-corrected chi connectivity index (χ3v) is 6.43. The normalized spacial score (nSPS) is 11.9. The summed E-state index contributed by atoms with van der Waals surface area (Å²) in [6.07, 6.45) is -3.25. The molecule has 30 heavy (non-hydrogen) atoms. The first-order valence-corrected chi connectivity index (χ1v) is 12.0. The largest absolute Gasteiger partial charge is 0.416 e. The smallest absolute Gasteiger partial charge is 0.354 e. The molecule has 0 aliphatic rings. The van der Waals surface area contributed by atoms with E-state index in [0.29, 0.717) is 23.3 Å². The molecule has 0 unspecified atom stereocenters. The first-order chi connectivity index (χ1) is 14.0. The highest BCUT2D eigenvalue weighted by molar-refractivity contribution is 7.99. The molecule has 0 heterocycles. The highest BCUT2D eigenvalue weighted by atomic mass is 35.5. The van der Waals surface area contributed by atoms with Gasteiger partial charge in [-0.05, 0) is 42.5 Å². The lowest BCUT2D eigenvalue weighted by Gasteiger charge is -2.24. The van der Waals surface area contributed by atoms with E-state index in [1.807, 2.05) is 30.3 Å². The first-order valence-electron chi connectivity index (χ1n) is 8.77. The molecule has 0 aromatic heterocycles. The van der Waals surface area contributed by atoms with Crippen molar-refractivity contribution in [3.05, 3.63) is 59.1 Å². The van der Waals surface area contributed by atoms with Gasteiger partial charge in [-0.25, -0.2) is 8.42 Å². The van der Waals surface area contributed by atoms with Gasteiger partial charge >= 0.3 is 6.18 Å². The van der Waals surface area contributed by atoms with Crippen molar-refractivity contribution in [2.24, 2.45) is 0 Å². The molecule has 0 spiro atoms. The Morgan fingerprint density at radius 2 is 1.83 bits per heavy atom. The van der Waals surface area contributed by atoms with E-state index in [-0.39, 0.29) is 5.02 Å². The molecule has 5 nitrogen and oxygen atoms in total. The molecule has 0 bridgehead atoms. The highest BCUT2D eigenvalue weighted by Gasteiger charge is 2.33. The molecular weight excluding hydrogens is 461 g/mol. The summed E-state index contributed by atoms with van der Waals surface area (Å²) in [6.45, 7) is -0.377. The fourth-order valence-electron chi connectivity index (χ4n) is 2.45. The number of alkyl halides is 3. The zero-order valence-corrected chi connectivity index (χ0v) is 18.3. The maximum atomic E-state index is 13.0. The SMILES string of the molecule is CS(=O)(=O)N(CC(=O)NCCCSc1ccccc1)c1cc(C(F)(F)F)ccc1Cl. The minimum absolute atomic E-state index is 0.208. The molecule has 0 aliphatic heterocycles. The number of hydrogen-bond donors (Lipinski definition) is 1. The summed E-state index contributed by atoms with van der Waals surface area (Å²) < 4.78 is 63.8. The molecule has 11 heteroatoms. The van der Waals surface area contributed by atoms with E-state index in [0.717, 1.165) is 29.0 Å². The molecule has 2 rings (SSSR count). The van der Waals surface area contributed by atoms with Gasteiger partial charge in [-0.3, -0.25) is 9.10 Å². The number of carbonyl (C=O) groups excluding carboxylic acids is 1. The Labute approximate surface area is 182 Å². The van der Waals surface area contributed by atoms with E-state index in [2.05, 4.69) is 5.32 Å². The van der Waals surface area contributed by atoms with E-state index < -0.39 is 39.9 Å². The van der Waals surface area contributed by atoms with Gasteiger partial charge in [0.1, 0.15) is 6.54 Å². The lowest BCUT2D eigenvalue weighted by molar-refractivity contribution is -0.137. The van der Waals surface area contributed by atoms with Gasteiger partial charge in [0.15, 0.2) is 0 Å². The number of rotatable bonds is 9. The predicted octanol–water partition coefficient (Wildman–Crippen LogP) is 4.42. The topological polar surface area (TPSA) is 66.5 Å². The van der Waals surface area contributed by atoms with Gasteiger partial charge < -0.3 is 5.32 Å². The third-order valence-electron chi connectivity index (χ3n) is 3.88. The van der Waals surface area contributed by atoms with Crippen molar-refractivity contribution in [1.82, 2.24) is 5.32 Å². The summed E-state index contributed by atoms with van der Waals surface area (Å²) in [5, 5.41) is 2.37. The van der Waals surface area contributed by atoms with Crippen molar-refractivity contribution < 1.29 is 26.4 Å². The second-order valence-corrected chi connectivity index (χ2v) is 9.78. The van der Waals surface area contributed by atoms with Gasteiger partial charge in [0.2, 0.25) is 15.9 Å². The summed E-state index contributed by atoms with van der Waals surface area (Å²) in [5.41, 5.74) is -1.46. The van der Waals surface area contributed by atoms with Crippen LogP contribution in [0.2, 0.25) is 5.02 Å². The summed E-state index contributed by atoms with van der Waals surface area (Å²) >= 11 is 7.54. The van der Waals surface area contributed by atoms with Gasteiger partial charge in [-0.1, -0.05) is 29.8 Å². The predicted molar refractivity (Wildman–Crippen MR) is 113 cm³/mol. The Morgan fingerprint density at radius 1 is 1.17 bits per heavy atom. The summed E-state index contributed by atoms with van der Waals surface area (Å²) in [4.78, 5) is 13.3. The van der Waals surface area contributed by atoms with Crippen LogP contribution < -0.4 is 9.62 Å². The number of carbonyl (C=O) groups is 1. The second kappa shape index (κ2) is 10.4. The number of thioether (sulfide) groups is 1. The van der Waals surface area contributed by atoms with Crippen LogP contribution in [0.15, 0.2) is 53.4 Å². The van der Waals surface area contributed by atoms with Crippen LogP contribution >= 0.6 is 23.4 Å². The van der Waals surface area contributed by atoms with Crippen LogP contribution in [0.1, 0.15) is 12.0 Å². The number of hydrogen-bond acceptors (Lipinski definition) is 4. The van der Waals surface area contributed by atoms with E-state index >= 15 is 0 Å². The highest BCUT2D eigenvalue weighted by Crippen LogP contribution is 2.36. The molecule has 0 saturated carbocycles. The maximum Gasteiger partial charge on any atom is 0.416 e. The van der Waals surface area contributed by atoms with Gasteiger partial charge in [0, 0.05) is 11.4 Å². The molecule has 1 N–H and O–H groups in total. The van der Waals surface area contributed by atoms with Gasteiger partial charge in [-0.15, -0.1) is 11.8 Å². The summed E-state index contributed by atoms with van der Waals surface area (Å²) in [6, 6.07) is 12.0. The molecule has 0 atom stereocenters. The van der Waals surface area contributed by atoms with Gasteiger partial charge in [0.25, 0.3) is 0 Å². The Hall–Kier alpha value is -1.91. The summed E-state index contributed by atoms with van der Waals surface area (Å²) in [7, 11) is -4.05. The van der Waals surface area contributed by atoms with E-state index in [9.17, 15) is 26.4 Å². The van der Waals surface area contributed by atoms with E-state index in [1.165, 1.54) is 0 Å². The number of nitrogens with zero attached hydrogens (tertiary/aromatic N) is 1.